The quantitative estimate of drug-likeness (QED) is 0.722. The summed E-state index contributed by atoms with van der Waals surface area (Å²) in [6.07, 6.45) is 0.441. The summed E-state index contributed by atoms with van der Waals surface area (Å²) in [5, 5.41) is 6.20. The summed E-state index contributed by atoms with van der Waals surface area (Å²) in [6.45, 7) is 4.33. The van der Waals surface area contributed by atoms with Crippen LogP contribution in [-0.2, 0) is 14.8 Å². The van der Waals surface area contributed by atoms with Gasteiger partial charge in [0, 0.05) is 36.2 Å². The number of anilines is 2. The van der Waals surface area contributed by atoms with Crippen molar-refractivity contribution in [3.05, 3.63) is 23.8 Å². The van der Waals surface area contributed by atoms with Crippen molar-refractivity contribution in [3.8, 4) is 0 Å². The van der Waals surface area contributed by atoms with Gasteiger partial charge in [-0.3, -0.25) is 9.52 Å². The molecule has 0 aromatic heterocycles. The van der Waals surface area contributed by atoms with E-state index in [1.807, 2.05) is 18.7 Å². The van der Waals surface area contributed by atoms with Crippen LogP contribution >= 0.6 is 11.8 Å². The van der Waals surface area contributed by atoms with Crippen molar-refractivity contribution in [2.75, 3.05) is 33.8 Å². The van der Waals surface area contributed by atoms with Crippen LogP contribution in [0.4, 0.5) is 11.4 Å². The highest BCUT2D eigenvalue weighted by atomic mass is 32.2. The van der Waals surface area contributed by atoms with Crippen LogP contribution in [-0.4, -0.2) is 44.2 Å². The molecule has 1 fully saturated rings. The monoisotopic (exact) mass is 357 g/mol. The molecule has 1 atom stereocenters. The number of hydrogen-bond acceptors (Lipinski definition) is 5. The smallest absolute Gasteiger partial charge is 0.232 e. The van der Waals surface area contributed by atoms with Crippen LogP contribution in [0.15, 0.2) is 18.2 Å². The standard InChI is InChI=1S/C15H23N3O3S2/c1-3-23(20,21)18-14-5-4-12(8-11(14)2)17-15(19)9-13-10-22-7-6-16-13/h4-5,8,13,16,18H,3,6-7,9-10H2,1-2H3,(H,17,19). The second-order valence-electron chi connectivity index (χ2n) is 5.51. The van der Waals surface area contributed by atoms with Crippen molar-refractivity contribution in [2.24, 2.45) is 0 Å². The largest absolute Gasteiger partial charge is 0.326 e. The molecule has 0 radical (unpaired) electrons. The molecule has 8 heteroatoms. The minimum Gasteiger partial charge on any atom is -0.326 e. The van der Waals surface area contributed by atoms with Crippen LogP contribution in [0, 0.1) is 6.92 Å². The van der Waals surface area contributed by atoms with Gasteiger partial charge < -0.3 is 10.6 Å². The first-order valence-electron chi connectivity index (χ1n) is 7.62. The Balaban J connectivity index is 1.95. The van der Waals surface area contributed by atoms with Gasteiger partial charge in [-0.15, -0.1) is 0 Å². The average molecular weight is 358 g/mol. The third kappa shape index (κ3) is 5.71. The number of benzene rings is 1. The maximum absolute atomic E-state index is 12.1. The maximum atomic E-state index is 12.1. The molecule has 1 aromatic carbocycles. The number of rotatable bonds is 6. The first-order chi connectivity index (χ1) is 10.9. The fourth-order valence-electron chi connectivity index (χ4n) is 2.28. The molecule has 23 heavy (non-hydrogen) atoms. The Labute approximate surface area is 141 Å². The van der Waals surface area contributed by atoms with E-state index in [9.17, 15) is 13.2 Å². The molecule has 128 valence electrons. The lowest BCUT2D eigenvalue weighted by molar-refractivity contribution is -0.116. The van der Waals surface area contributed by atoms with Crippen LogP contribution in [0.25, 0.3) is 0 Å². The van der Waals surface area contributed by atoms with E-state index in [1.165, 1.54) is 0 Å². The minimum absolute atomic E-state index is 0.0251. The summed E-state index contributed by atoms with van der Waals surface area (Å²) >= 11 is 1.86. The first-order valence-corrected chi connectivity index (χ1v) is 10.4. The number of hydrogen-bond donors (Lipinski definition) is 3. The van der Waals surface area contributed by atoms with Gasteiger partial charge in [0.2, 0.25) is 15.9 Å². The van der Waals surface area contributed by atoms with Crippen molar-refractivity contribution in [2.45, 2.75) is 26.3 Å². The Hall–Kier alpha value is -1.25. The zero-order chi connectivity index (χ0) is 16.9. The molecule has 6 nitrogen and oxygen atoms in total. The minimum atomic E-state index is -3.30. The first kappa shape index (κ1) is 18.1. The third-order valence-electron chi connectivity index (χ3n) is 3.59. The van der Waals surface area contributed by atoms with Gasteiger partial charge in [0.25, 0.3) is 0 Å². The molecule has 0 aliphatic carbocycles. The normalized spacial score (nSPS) is 18.4. The second kappa shape index (κ2) is 8.03. The van der Waals surface area contributed by atoms with Crippen molar-refractivity contribution < 1.29 is 13.2 Å². The molecule has 3 N–H and O–H groups in total. The fraction of sp³-hybridized carbons (Fsp3) is 0.533. The molecule has 1 saturated heterocycles. The number of carbonyl (C=O) groups excluding carboxylic acids is 1. The number of nitrogens with one attached hydrogen (secondary N) is 3. The Bertz CT molecular complexity index is 656. The molecule has 1 aromatic rings. The van der Waals surface area contributed by atoms with Gasteiger partial charge in [-0.2, -0.15) is 11.8 Å². The maximum Gasteiger partial charge on any atom is 0.232 e. The van der Waals surface area contributed by atoms with E-state index in [1.54, 1.807) is 25.1 Å². The van der Waals surface area contributed by atoms with E-state index < -0.39 is 10.0 Å². The van der Waals surface area contributed by atoms with Gasteiger partial charge >= 0.3 is 0 Å². The van der Waals surface area contributed by atoms with Crippen LogP contribution < -0.4 is 15.4 Å². The number of carbonyl (C=O) groups is 1. The van der Waals surface area contributed by atoms with Gasteiger partial charge in [0.05, 0.1) is 11.4 Å². The third-order valence-corrected chi connectivity index (χ3v) is 6.01. The predicted molar refractivity (Wildman–Crippen MR) is 96.6 cm³/mol. The Morgan fingerprint density at radius 3 is 2.83 bits per heavy atom. The number of sulfonamides is 1. The van der Waals surface area contributed by atoms with Gasteiger partial charge in [-0.05, 0) is 37.6 Å². The molecule has 1 heterocycles. The molecule has 1 aliphatic heterocycles. The van der Waals surface area contributed by atoms with E-state index in [-0.39, 0.29) is 17.7 Å². The van der Waals surface area contributed by atoms with Gasteiger partial charge in [-0.25, -0.2) is 8.42 Å². The molecule has 0 bridgehead atoms. The number of thioether (sulfide) groups is 1. The Morgan fingerprint density at radius 1 is 1.43 bits per heavy atom. The summed E-state index contributed by atoms with van der Waals surface area (Å²) in [5.41, 5.74) is 1.98. The summed E-state index contributed by atoms with van der Waals surface area (Å²) in [4.78, 5) is 12.1. The van der Waals surface area contributed by atoms with Crippen molar-refractivity contribution in [1.29, 1.82) is 0 Å². The molecular weight excluding hydrogens is 334 g/mol. The van der Waals surface area contributed by atoms with Crippen LogP contribution in [0.2, 0.25) is 0 Å². The SMILES string of the molecule is CCS(=O)(=O)Nc1ccc(NC(=O)CC2CSCCN2)cc1C. The summed E-state index contributed by atoms with van der Waals surface area (Å²) in [7, 11) is -3.30. The number of amides is 1. The highest BCUT2D eigenvalue weighted by Crippen LogP contribution is 2.21. The molecule has 1 amide bonds. The van der Waals surface area contributed by atoms with Crippen LogP contribution in [0.5, 0.6) is 0 Å². The van der Waals surface area contributed by atoms with Gasteiger partial charge in [0.15, 0.2) is 0 Å². The van der Waals surface area contributed by atoms with Crippen molar-refractivity contribution >= 4 is 39.1 Å². The molecule has 0 saturated carbocycles. The lowest BCUT2D eigenvalue weighted by atomic mass is 10.1. The van der Waals surface area contributed by atoms with E-state index in [0.717, 1.165) is 23.6 Å². The van der Waals surface area contributed by atoms with E-state index in [0.29, 0.717) is 17.8 Å². The van der Waals surface area contributed by atoms with Crippen LogP contribution in [0.3, 0.4) is 0 Å². The highest BCUT2D eigenvalue weighted by Gasteiger charge is 2.17. The predicted octanol–water partition coefficient (Wildman–Crippen LogP) is 1.79. The van der Waals surface area contributed by atoms with Crippen LogP contribution in [0.1, 0.15) is 18.9 Å². The molecular formula is C15H23N3O3S2. The van der Waals surface area contributed by atoms with Crippen molar-refractivity contribution in [3.63, 3.8) is 0 Å². The Morgan fingerprint density at radius 2 is 2.22 bits per heavy atom. The lowest BCUT2D eigenvalue weighted by Gasteiger charge is -2.22. The molecule has 0 spiro atoms. The summed E-state index contributed by atoms with van der Waals surface area (Å²) < 4.78 is 25.8. The zero-order valence-electron chi connectivity index (χ0n) is 13.4. The molecule has 1 unspecified atom stereocenters. The van der Waals surface area contributed by atoms with E-state index in [4.69, 9.17) is 0 Å². The summed E-state index contributed by atoms with van der Waals surface area (Å²) in [6, 6.07) is 5.37. The van der Waals surface area contributed by atoms with Crippen molar-refractivity contribution in [1.82, 2.24) is 5.32 Å². The highest BCUT2D eigenvalue weighted by molar-refractivity contribution is 7.99. The number of aryl methyl sites for hydroxylation is 1. The zero-order valence-corrected chi connectivity index (χ0v) is 15.0. The van der Waals surface area contributed by atoms with E-state index in [2.05, 4.69) is 15.4 Å². The fourth-order valence-corrected chi connectivity index (χ4v) is 3.94. The Kier molecular flexibility index (Phi) is 6.32. The molecule has 1 aliphatic rings. The van der Waals surface area contributed by atoms with Gasteiger partial charge in [-0.1, -0.05) is 0 Å². The van der Waals surface area contributed by atoms with E-state index >= 15 is 0 Å². The summed E-state index contributed by atoms with van der Waals surface area (Å²) in [5.74, 6) is 2.03. The average Bonchev–Trinajstić information content (AvgIpc) is 2.51. The second-order valence-corrected chi connectivity index (χ2v) is 8.67. The lowest BCUT2D eigenvalue weighted by Crippen LogP contribution is -2.39. The topological polar surface area (TPSA) is 87.3 Å². The van der Waals surface area contributed by atoms with Gasteiger partial charge in [0.1, 0.15) is 0 Å². The molecule has 2 rings (SSSR count).